The lowest BCUT2D eigenvalue weighted by molar-refractivity contribution is -0.136. The van der Waals surface area contributed by atoms with Gasteiger partial charge in [0.1, 0.15) is 0 Å². The molecule has 1 aliphatic heterocycles. The van der Waals surface area contributed by atoms with E-state index in [-0.39, 0.29) is 6.03 Å². The molecule has 2 rings (SSSR count). The number of methoxy groups -OCH3 is 1. The number of benzene rings is 1. The number of esters is 1. The molecule has 1 unspecified atom stereocenters. The van der Waals surface area contributed by atoms with Crippen molar-refractivity contribution in [2.45, 2.75) is 26.8 Å². The SMILES string of the molecule is COC(=O)C1=C(C)NC(=O)NC1c1cc(C)ccc1C. The molecule has 5 heteroatoms. The predicted octanol–water partition coefficient (Wildman–Crippen LogP) is 2.10. The third-order valence-corrected chi connectivity index (χ3v) is 3.42. The lowest BCUT2D eigenvalue weighted by Crippen LogP contribution is -2.45. The van der Waals surface area contributed by atoms with Gasteiger partial charge in [0.25, 0.3) is 0 Å². The molecule has 2 amide bonds. The highest BCUT2D eigenvalue weighted by molar-refractivity contribution is 5.95. The molecule has 0 saturated heterocycles. The topological polar surface area (TPSA) is 67.4 Å². The Morgan fingerprint density at radius 1 is 1.25 bits per heavy atom. The molecule has 5 nitrogen and oxygen atoms in total. The summed E-state index contributed by atoms with van der Waals surface area (Å²) in [6.07, 6.45) is 0. The fraction of sp³-hybridized carbons (Fsp3) is 0.333. The lowest BCUT2D eigenvalue weighted by Gasteiger charge is -2.29. The normalized spacial score (nSPS) is 18.4. The molecule has 106 valence electrons. The van der Waals surface area contributed by atoms with Crippen LogP contribution in [0.2, 0.25) is 0 Å². The van der Waals surface area contributed by atoms with Crippen LogP contribution in [0.25, 0.3) is 0 Å². The zero-order valence-electron chi connectivity index (χ0n) is 12.0. The van der Waals surface area contributed by atoms with E-state index in [2.05, 4.69) is 10.6 Å². The smallest absolute Gasteiger partial charge is 0.337 e. The van der Waals surface area contributed by atoms with E-state index in [0.29, 0.717) is 11.3 Å². The van der Waals surface area contributed by atoms with E-state index in [4.69, 9.17) is 4.74 Å². The van der Waals surface area contributed by atoms with Crippen LogP contribution in [0, 0.1) is 13.8 Å². The van der Waals surface area contributed by atoms with Crippen molar-refractivity contribution in [3.63, 3.8) is 0 Å². The van der Waals surface area contributed by atoms with Crippen molar-refractivity contribution in [2.75, 3.05) is 7.11 Å². The Bertz CT molecular complexity index is 605. The zero-order chi connectivity index (χ0) is 14.9. The maximum absolute atomic E-state index is 12.0. The van der Waals surface area contributed by atoms with Crippen LogP contribution < -0.4 is 10.6 Å². The first-order valence-electron chi connectivity index (χ1n) is 6.37. The summed E-state index contributed by atoms with van der Waals surface area (Å²) >= 11 is 0. The van der Waals surface area contributed by atoms with Crippen LogP contribution in [0.5, 0.6) is 0 Å². The van der Waals surface area contributed by atoms with Gasteiger partial charge in [-0.15, -0.1) is 0 Å². The molecule has 0 fully saturated rings. The Hall–Kier alpha value is -2.30. The minimum absolute atomic E-state index is 0.318. The van der Waals surface area contributed by atoms with E-state index in [9.17, 15) is 9.59 Å². The van der Waals surface area contributed by atoms with Gasteiger partial charge in [0, 0.05) is 5.70 Å². The summed E-state index contributed by atoms with van der Waals surface area (Å²) in [5, 5.41) is 5.39. The molecule has 1 aliphatic rings. The number of ether oxygens (including phenoxy) is 1. The second-order valence-corrected chi connectivity index (χ2v) is 4.92. The van der Waals surface area contributed by atoms with Gasteiger partial charge in [0.05, 0.1) is 18.7 Å². The predicted molar refractivity (Wildman–Crippen MR) is 75.0 cm³/mol. The van der Waals surface area contributed by atoms with Crippen molar-refractivity contribution < 1.29 is 14.3 Å². The summed E-state index contributed by atoms with van der Waals surface area (Å²) in [6, 6.07) is 5.14. The maximum Gasteiger partial charge on any atom is 0.337 e. The van der Waals surface area contributed by atoms with Crippen LogP contribution in [0.3, 0.4) is 0 Å². The van der Waals surface area contributed by atoms with Gasteiger partial charge in [-0.3, -0.25) is 0 Å². The Morgan fingerprint density at radius 2 is 1.95 bits per heavy atom. The van der Waals surface area contributed by atoms with Crippen LogP contribution in [0.4, 0.5) is 4.79 Å². The van der Waals surface area contributed by atoms with Crippen molar-refractivity contribution >= 4 is 12.0 Å². The molecule has 0 radical (unpaired) electrons. The minimum atomic E-state index is -0.490. The molecular formula is C15H18N2O3. The van der Waals surface area contributed by atoms with Gasteiger partial charge in [0.15, 0.2) is 0 Å². The van der Waals surface area contributed by atoms with Gasteiger partial charge in [-0.25, -0.2) is 9.59 Å². The molecule has 1 heterocycles. The molecule has 1 aromatic rings. The van der Waals surface area contributed by atoms with Crippen LogP contribution in [-0.2, 0) is 9.53 Å². The summed E-state index contributed by atoms with van der Waals surface area (Å²) < 4.78 is 4.83. The fourth-order valence-corrected chi connectivity index (χ4v) is 2.38. The lowest BCUT2D eigenvalue weighted by atomic mass is 9.91. The highest BCUT2D eigenvalue weighted by Crippen LogP contribution is 2.30. The van der Waals surface area contributed by atoms with Gasteiger partial charge < -0.3 is 15.4 Å². The van der Waals surface area contributed by atoms with E-state index in [1.165, 1.54) is 7.11 Å². The van der Waals surface area contributed by atoms with Crippen LogP contribution in [0.1, 0.15) is 29.7 Å². The number of carbonyl (C=O) groups is 2. The maximum atomic E-state index is 12.0. The highest BCUT2D eigenvalue weighted by Gasteiger charge is 2.32. The van der Waals surface area contributed by atoms with E-state index < -0.39 is 12.0 Å². The molecule has 20 heavy (non-hydrogen) atoms. The van der Waals surface area contributed by atoms with Crippen LogP contribution >= 0.6 is 0 Å². The van der Waals surface area contributed by atoms with E-state index in [1.54, 1.807) is 6.92 Å². The average molecular weight is 274 g/mol. The van der Waals surface area contributed by atoms with Gasteiger partial charge in [-0.2, -0.15) is 0 Å². The number of urea groups is 1. The molecular weight excluding hydrogens is 256 g/mol. The standard InChI is InChI=1S/C15H18N2O3/c1-8-5-6-9(2)11(7-8)13-12(14(18)20-4)10(3)16-15(19)17-13/h5-7,13H,1-4H3,(H2,16,17,19). The monoisotopic (exact) mass is 274 g/mol. The minimum Gasteiger partial charge on any atom is -0.466 e. The van der Waals surface area contributed by atoms with Crippen LogP contribution in [0.15, 0.2) is 29.5 Å². The Morgan fingerprint density at radius 3 is 2.60 bits per heavy atom. The number of allylic oxidation sites excluding steroid dienone is 1. The quantitative estimate of drug-likeness (QED) is 0.812. The van der Waals surface area contributed by atoms with Crippen LogP contribution in [-0.4, -0.2) is 19.1 Å². The van der Waals surface area contributed by atoms with Gasteiger partial charge in [-0.05, 0) is 31.9 Å². The number of nitrogens with one attached hydrogen (secondary N) is 2. The summed E-state index contributed by atoms with van der Waals surface area (Å²) in [5.74, 6) is -0.444. The molecule has 0 aromatic heterocycles. The van der Waals surface area contributed by atoms with E-state index >= 15 is 0 Å². The van der Waals surface area contributed by atoms with E-state index in [0.717, 1.165) is 16.7 Å². The molecule has 2 N–H and O–H groups in total. The van der Waals surface area contributed by atoms with Crippen molar-refractivity contribution in [1.82, 2.24) is 10.6 Å². The summed E-state index contributed by atoms with van der Waals surface area (Å²) in [5.41, 5.74) is 3.93. The van der Waals surface area contributed by atoms with Crippen molar-refractivity contribution in [1.29, 1.82) is 0 Å². The van der Waals surface area contributed by atoms with E-state index in [1.807, 2.05) is 32.0 Å². The number of carbonyl (C=O) groups excluding carboxylic acids is 2. The summed E-state index contributed by atoms with van der Waals surface area (Å²) in [7, 11) is 1.33. The number of hydrogen-bond acceptors (Lipinski definition) is 3. The van der Waals surface area contributed by atoms with Gasteiger partial charge in [-0.1, -0.05) is 23.8 Å². The second-order valence-electron chi connectivity index (χ2n) is 4.92. The number of aryl methyl sites for hydroxylation is 2. The first-order valence-corrected chi connectivity index (χ1v) is 6.37. The zero-order valence-corrected chi connectivity index (χ0v) is 12.0. The molecule has 0 aliphatic carbocycles. The average Bonchev–Trinajstić information content (AvgIpc) is 2.40. The molecule has 1 aromatic carbocycles. The molecule has 0 bridgehead atoms. The Labute approximate surface area is 118 Å². The fourth-order valence-electron chi connectivity index (χ4n) is 2.38. The Balaban J connectivity index is 2.56. The molecule has 1 atom stereocenters. The third-order valence-electron chi connectivity index (χ3n) is 3.42. The molecule has 0 saturated carbocycles. The van der Waals surface area contributed by atoms with Gasteiger partial charge >= 0.3 is 12.0 Å². The van der Waals surface area contributed by atoms with Crippen molar-refractivity contribution in [3.05, 3.63) is 46.2 Å². The third kappa shape index (κ3) is 2.52. The first-order chi connectivity index (χ1) is 9.43. The molecule has 0 spiro atoms. The van der Waals surface area contributed by atoms with Gasteiger partial charge in [0.2, 0.25) is 0 Å². The number of rotatable bonds is 2. The van der Waals surface area contributed by atoms with Crippen molar-refractivity contribution in [2.24, 2.45) is 0 Å². The second kappa shape index (κ2) is 5.36. The number of hydrogen-bond donors (Lipinski definition) is 2. The highest BCUT2D eigenvalue weighted by atomic mass is 16.5. The first kappa shape index (κ1) is 14.1. The van der Waals surface area contributed by atoms with Crippen molar-refractivity contribution in [3.8, 4) is 0 Å². The Kier molecular flexibility index (Phi) is 3.79. The number of amides is 2. The summed E-state index contributed by atoms with van der Waals surface area (Å²) in [4.78, 5) is 23.7. The summed E-state index contributed by atoms with van der Waals surface area (Å²) in [6.45, 7) is 5.62. The largest absolute Gasteiger partial charge is 0.466 e.